The van der Waals surface area contributed by atoms with Crippen molar-refractivity contribution in [3.8, 4) is 0 Å². The molecular formula is C20H29F3N2O3S. The van der Waals surface area contributed by atoms with Crippen LogP contribution >= 0.6 is 11.3 Å². The summed E-state index contributed by atoms with van der Waals surface area (Å²) >= 11 is 1.28. The second kappa shape index (κ2) is 10.1. The van der Waals surface area contributed by atoms with E-state index in [2.05, 4.69) is 0 Å². The Kier molecular flexibility index (Phi) is 8.74. The normalized spacial score (nSPS) is 16.7. The fraction of sp³-hybridized carbons (Fsp3) is 0.600. The second-order valence-corrected chi connectivity index (χ2v) is 8.46. The number of hydrogen-bond acceptors (Lipinski definition) is 4. The Bertz CT molecular complexity index is 723. The average Bonchev–Trinajstić information content (AvgIpc) is 3.05. The van der Waals surface area contributed by atoms with Gasteiger partial charge < -0.3 is 9.64 Å². The van der Waals surface area contributed by atoms with Gasteiger partial charge in [-0.25, -0.2) is 4.79 Å². The summed E-state index contributed by atoms with van der Waals surface area (Å²) in [6.07, 6.45) is -1.87. The highest BCUT2D eigenvalue weighted by atomic mass is 32.1. The molecule has 2 heterocycles. The van der Waals surface area contributed by atoms with Crippen molar-refractivity contribution in [3.05, 3.63) is 28.6 Å². The van der Waals surface area contributed by atoms with E-state index in [1.54, 1.807) is 39.2 Å². The number of thiophene rings is 1. The van der Waals surface area contributed by atoms with Crippen molar-refractivity contribution in [1.29, 1.82) is 0 Å². The molecule has 0 aromatic carbocycles. The van der Waals surface area contributed by atoms with Crippen LogP contribution in [0.25, 0.3) is 0 Å². The molecule has 1 aliphatic heterocycles. The molecule has 9 heteroatoms. The smallest absolute Gasteiger partial charge is 0.443 e. The number of hydrogen-bond donors (Lipinski definition) is 0. The average molecular weight is 435 g/mol. The summed E-state index contributed by atoms with van der Waals surface area (Å²) in [6.45, 7) is 11.2. The molecule has 1 aromatic rings. The number of anilines is 1. The van der Waals surface area contributed by atoms with Gasteiger partial charge in [-0.15, -0.1) is 11.3 Å². The third-order valence-corrected chi connectivity index (χ3v) is 4.77. The summed E-state index contributed by atoms with van der Waals surface area (Å²) in [4.78, 5) is 26.8. The Morgan fingerprint density at radius 3 is 2.31 bits per heavy atom. The number of halogens is 3. The Labute approximate surface area is 174 Å². The van der Waals surface area contributed by atoms with Gasteiger partial charge in [0.15, 0.2) is 0 Å². The van der Waals surface area contributed by atoms with Crippen molar-refractivity contribution in [2.24, 2.45) is 5.92 Å². The molecule has 0 saturated carbocycles. The first-order valence-corrected chi connectivity index (χ1v) is 10.4. The van der Waals surface area contributed by atoms with Crippen molar-refractivity contribution in [1.82, 2.24) is 4.90 Å². The summed E-state index contributed by atoms with van der Waals surface area (Å²) in [5.74, 6) is -2.18. The summed E-state index contributed by atoms with van der Waals surface area (Å²) in [5, 5.41) is 1.66. The third-order valence-electron chi connectivity index (χ3n) is 3.93. The molecule has 0 bridgehead atoms. The highest BCUT2D eigenvalue weighted by Crippen LogP contribution is 2.31. The number of alkyl halides is 3. The Morgan fingerprint density at radius 1 is 1.28 bits per heavy atom. The molecule has 2 amide bonds. The SMILES string of the molecule is CC.Cc1sccc1N(CC1C=CN(C(=O)OC(C)(C)C)CC1)C(=O)C(F)(F)F. The van der Waals surface area contributed by atoms with Crippen LogP contribution in [-0.4, -0.2) is 41.8 Å². The molecule has 0 aliphatic carbocycles. The maximum atomic E-state index is 13.0. The van der Waals surface area contributed by atoms with E-state index in [1.165, 1.54) is 28.5 Å². The lowest BCUT2D eigenvalue weighted by atomic mass is 10.0. The van der Waals surface area contributed by atoms with Crippen molar-refractivity contribution >= 4 is 29.0 Å². The van der Waals surface area contributed by atoms with Crippen molar-refractivity contribution < 1.29 is 27.5 Å². The lowest BCUT2D eigenvalue weighted by Gasteiger charge is -2.32. The molecule has 0 spiro atoms. The van der Waals surface area contributed by atoms with Crippen LogP contribution < -0.4 is 4.90 Å². The fourth-order valence-electron chi connectivity index (χ4n) is 2.66. The van der Waals surface area contributed by atoms with Gasteiger partial charge in [0.25, 0.3) is 0 Å². The van der Waals surface area contributed by atoms with Gasteiger partial charge in [-0.05, 0) is 51.5 Å². The van der Waals surface area contributed by atoms with Crippen molar-refractivity contribution in [2.75, 3.05) is 18.0 Å². The number of nitrogens with zero attached hydrogens (tertiary/aromatic N) is 2. The van der Waals surface area contributed by atoms with Crippen LogP contribution in [0.3, 0.4) is 0 Å². The number of aryl methyl sites for hydroxylation is 1. The zero-order valence-corrected chi connectivity index (χ0v) is 18.5. The van der Waals surface area contributed by atoms with Crippen LogP contribution in [0.15, 0.2) is 23.7 Å². The van der Waals surface area contributed by atoms with E-state index in [4.69, 9.17) is 4.74 Å². The van der Waals surface area contributed by atoms with Gasteiger partial charge in [0.1, 0.15) is 5.60 Å². The van der Waals surface area contributed by atoms with Gasteiger partial charge in [-0.1, -0.05) is 19.9 Å². The minimum Gasteiger partial charge on any atom is -0.443 e. The number of amides is 2. The van der Waals surface area contributed by atoms with Crippen LogP contribution in [0, 0.1) is 12.8 Å². The molecule has 1 aromatic heterocycles. The van der Waals surface area contributed by atoms with Crippen molar-refractivity contribution in [2.45, 2.75) is 59.7 Å². The van der Waals surface area contributed by atoms with Gasteiger partial charge >= 0.3 is 18.2 Å². The number of rotatable bonds is 3. The standard InChI is InChI=1S/C18H23F3N2O3S.C2H6/c1-12-14(7-10-27-12)23(15(24)18(19,20)21)11-13-5-8-22(9-6-13)16(25)26-17(2,3)4;1-2/h5,7-8,10,13H,6,9,11H2,1-4H3;1-2H3. The second-order valence-electron chi connectivity index (χ2n) is 7.34. The van der Waals surface area contributed by atoms with E-state index in [1.807, 2.05) is 13.8 Å². The van der Waals surface area contributed by atoms with Gasteiger partial charge in [0.05, 0.1) is 5.69 Å². The fourth-order valence-corrected chi connectivity index (χ4v) is 3.36. The van der Waals surface area contributed by atoms with E-state index in [9.17, 15) is 22.8 Å². The Balaban J connectivity index is 0.00000204. The summed E-state index contributed by atoms with van der Waals surface area (Å²) < 4.78 is 44.4. The molecule has 0 N–H and O–H groups in total. The molecule has 1 atom stereocenters. The molecule has 1 unspecified atom stereocenters. The van der Waals surface area contributed by atoms with Crippen LogP contribution in [0.1, 0.15) is 45.9 Å². The summed E-state index contributed by atoms with van der Waals surface area (Å²) in [5.41, 5.74) is -0.362. The highest BCUT2D eigenvalue weighted by Gasteiger charge is 2.44. The number of carbonyl (C=O) groups is 2. The summed E-state index contributed by atoms with van der Waals surface area (Å²) in [7, 11) is 0. The van der Waals surface area contributed by atoms with E-state index in [-0.39, 0.29) is 18.2 Å². The molecule has 1 aliphatic rings. The minimum absolute atomic E-state index is 0.103. The highest BCUT2D eigenvalue weighted by molar-refractivity contribution is 7.10. The zero-order chi connectivity index (χ0) is 22.4. The predicted molar refractivity (Wildman–Crippen MR) is 109 cm³/mol. The first-order valence-electron chi connectivity index (χ1n) is 9.49. The van der Waals surface area contributed by atoms with Crippen LogP contribution in [0.2, 0.25) is 0 Å². The molecule has 2 rings (SSSR count). The van der Waals surface area contributed by atoms with E-state index in [0.717, 1.165) is 4.90 Å². The van der Waals surface area contributed by atoms with Crippen LogP contribution in [0.5, 0.6) is 0 Å². The van der Waals surface area contributed by atoms with Crippen LogP contribution in [-0.2, 0) is 9.53 Å². The molecular weight excluding hydrogens is 405 g/mol. The molecule has 0 fully saturated rings. The molecule has 29 heavy (non-hydrogen) atoms. The number of ether oxygens (including phenoxy) is 1. The lowest BCUT2D eigenvalue weighted by Crippen LogP contribution is -2.45. The molecule has 0 radical (unpaired) electrons. The van der Waals surface area contributed by atoms with Gasteiger partial charge in [0, 0.05) is 24.2 Å². The van der Waals surface area contributed by atoms with Gasteiger partial charge in [0.2, 0.25) is 0 Å². The third kappa shape index (κ3) is 7.38. The first kappa shape index (κ1) is 25.0. The van der Waals surface area contributed by atoms with E-state index >= 15 is 0 Å². The Hall–Kier alpha value is -2.03. The van der Waals surface area contributed by atoms with Gasteiger partial charge in [-0.2, -0.15) is 13.2 Å². The molecule has 5 nitrogen and oxygen atoms in total. The monoisotopic (exact) mass is 434 g/mol. The maximum Gasteiger partial charge on any atom is 0.471 e. The first-order chi connectivity index (χ1) is 13.4. The maximum absolute atomic E-state index is 13.0. The predicted octanol–water partition coefficient (Wildman–Crippen LogP) is 5.75. The van der Waals surface area contributed by atoms with E-state index < -0.39 is 23.8 Å². The zero-order valence-electron chi connectivity index (χ0n) is 17.7. The van der Waals surface area contributed by atoms with Crippen LogP contribution in [0.4, 0.5) is 23.7 Å². The summed E-state index contributed by atoms with van der Waals surface area (Å²) in [6, 6.07) is 1.52. The molecule has 0 saturated heterocycles. The minimum atomic E-state index is -4.95. The van der Waals surface area contributed by atoms with E-state index in [0.29, 0.717) is 17.8 Å². The lowest BCUT2D eigenvalue weighted by molar-refractivity contribution is -0.170. The topological polar surface area (TPSA) is 49.9 Å². The Morgan fingerprint density at radius 2 is 1.90 bits per heavy atom. The van der Waals surface area contributed by atoms with Crippen molar-refractivity contribution in [3.63, 3.8) is 0 Å². The number of carbonyl (C=O) groups excluding carboxylic acids is 2. The largest absolute Gasteiger partial charge is 0.471 e. The van der Waals surface area contributed by atoms with Gasteiger partial charge in [-0.3, -0.25) is 9.69 Å². The molecule has 164 valence electrons. The quantitative estimate of drug-likeness (QED) is 0.609.